The van der Waals surface area contributed by atoms with E-state index in [0.717, 1.165) is 16.1 Å². The van der Waals surface area contributed by atoms with Gasteiger partial charge in [-0.25, -0.2) is 0 Å². The second kappa shape index (κ2) is 8.78. The van der Waals surface area contributed by atoms with Crippen molar-refractivity contribution < 1.29 is 24.2 Å². The first-order chi connectivity index (χ1) is 13.3. The molecule has 1 aliphatic heterocycles. The average Bonchev–Trinajstić information content (AvgIpc) is 2.55. The molecule has 2 rings (SSSR count). The molecule has 1 atom stereocenters. The second-order valence-corrected chi connectivity index (χ2v) is 10.5. The highest BCUT2D eigenvalue weighted by Gasteiger charge is 2.43. The molecule has 0 bridgehead atoms. The lowest BCUT2D eigenvalue weighted by molar-refractivity contribution is -0.158. The largest absolute Gasteiger partial charge is 0.480 e. The molecule has 1 aromatic carbocycles. The molecule has 0 aromatic heterocycles. The number of anilines is 1. The molecule has 0 saturated heterocycles. The third-order valence-electron chi connectivity index (χ3n) is 4.69. The third-order valence-corrected chi connectivity index (χ3v) is 6.05. The molecule has 0 unspecified atom stereocenters. The van der Waals surface area contributed by atoms with Crippen LogP contribution < -0.4 is 4.90 Å². The van der Waals surface area contributed by atoms with Crippen molar-refractivity contribution in [2.75, 3.05) is 11.9 Å². The summed E-state index contributed by atoms with van der Waals surface area (Å²) in [6.07, 6.45) is 1.19. The number of amides is 1. The van der Waals surface area contributed by atoms with Crippen LogP contribution in [0.1, 0.15) is 59.4 Å². The van der Waals surface area contributed by atoms with Gasteiger partial charge in [0.25, 0.3) is 0 Å². The summed E-state index contributed by atoms with van der Waals surface area (Å²) in [5.41, 5.74) is 1.19. The standard InChI is InChI=1S/C22H31NO5S/c1-14(2)12-22(20(26)27,13-19(25)28-21(3,4)5)29-16-8-9-17-15(11-16)7-10-18(24)23(17)6/h8-9,11,14H,7,10,12-13H2,1-6H3,(H,26,27)/t22-/m0/s1. The number of carboxylic acid groups (broad SMARTS) is 1. The molecule has 0 fully saturated rings. The van der Waals surface area contributed by atoms with Gasteiger partial charge in [-0.2, -0.15) is 0 Å². The van der Waals surface area contributed by atoms with E-state index < -0.39 is 22.3 Å². The van der Waals surface area contributed by atoms with Crippen molar-refractivity contribution in [1.82, 2.24) is 0 Å². The fourth-order valence-corrected chi connectivity index (χ4v) is 5.03. The van der Waals surface area contributed by atoms with E-state index in [1.807, 2.05) is 32.0 Å². The minimum atomic E-state index is -1.32. The summed E-state index contributed by atoms with van der Waals surface area (Å²) in [5, 5.41) is 10.1. The number of aliphatic carboxylic acids is 1. The number of esters is 1. The van der Waals surface area contributed by atoms with Crippen LogP contribution in [0, 0.1) is 5.92 Å². The van der Waals surface area contributed by atoms with E-state index in [1.165, 1.54) is 11.8 Å². The summed E-state index contributed by atoms with van der Waals surface area (Å²) in [7, 11) is 1.75. The highest BCUT2D eigenvalue weighted by Crippen LogP contribution is 2.43. The van der Waals surface area contributed by atoms with Crippen LogP contribution in [0.5, 0.6) is 0 Å². The lowest BCUT2D eigenvalue weighted by Crippen LogP contribution is -2.40. The lowest BCUT2D eigenvalue weighted by atomic mass is 9.93. The number of rotatable bonds is 7. The van der Waals surface area contributed by atoms with Crippen molar-refractivity contribution in [3.8, 4) is 0 Å². The number of nitrogens with zero attached hydrogens (tertiary/aromatic N) is 1. The molecule has 29 heavy (non-hydrogen) atoms. The topological polar surface area (TPSA) is 83.9 Å². The average molecular weight is 422 g/mol. The Morgan fingerprint density at radius 1 is 1.24 bits per heavy atom. The monoisotopic (exact) mass is 421 g/mol. The summed E-state index contributed by atoms with van der Waals surface area (Å²) >= 11 is 1.20. The zero-order chi connectivity index (χ0) is 22.0. The minimum Gasteiger partial charge on any atom is -0.480 e. The highest BCUT2D eigenvalue weighted by atomic mass is 32.2. The van der Waals surface area contributed by atoms with E-state index in [2.05, 4.69) is 0 Å². The highest BCUT2D eigenvalue weighted by molar-refractivity contribution is 8.01. The number of carbonyl (C=O) groups excluding carboxylic acids is 2. The van der Waals surface area contributed by atoms with Gasteiger partial charge in [0.05, 0.1) is 6.42 Å². The number of benzene rings is 1. The summed E-state index contributed by atoms with van der Waals surface area (Å²) in [6.45, 7) is 9.19. The Hall–Kier alpha value is -2.02. The van der Waals surface area contributed by atoms with Gasteiger partial charge in [0.15, 0.2) is 0 Å². The molecule has 1 aliphatic rings. The maximum Gasteiger partial charge on any atom is 0.320 e. The molecule has 1 N–H and O–H groups in total. The zero-order valence-electron chi connectivity index (χ0n) is 18.1. The summed E-state index contributed by atoms with van der Waals surface area (Å²) in [4.78, 5) is 39.2. The normalized spacial score (nSPS) is 16.4. The first kappa shape index (κ1) is 23.3. The summed E-state index contributed by atoms with van der Waals surface area (Å²) in [6, 6.07) is 5.62. The molecule has 0 aliphatic carbocycles. The van der Waals surface area contributed by atoms with Gasteiger partial charge in [-0.05, 0) is 63.3 Å². The van der Waals surface area contributed by atoms with E-state index in [-0.39, 0.29) is 18.2 Å². The van der Waals surface area contributed by atoms with E-state index >= 15 is 0 Å². The van der Waals surface area contributed by atoms with E-state index in [9.17, 15) is 19.5 Å². The molecule has 6 nitrogen and oxygen atoms in total. The van der Waals surface area contributed by atoms with Crippen molar-refractivity contribution in [2.45, 2.75) is 75.5 Å². The third kappa shape index (κ3) is 5.98. The van der Waals surface area contributed by atoms with E-state index in [0.29, 0.717) is 19.3 Å². The number of aryl methyl sites for hydroxylation is 1. The van der Waals surface area contributed by atoms with Crippen LogP contribution in [0.25, 0.3) is 0 Å². The van der Waals surface area contributed by atoms with Crippen LogP contribution in [0.4, 0.5) is 5.69 Å². The number of hydrogen-bond donors (Lipinski definition) is 1. The Labute approximate surface area is 177 Å². The maximum atomic E-state index is 12.5. The van der Waals surface area contributed by atoms with Gasteiger partial charge in [0.2, 0.25) is 5.91 Å². The van der Waals surface area contributed by atoms with E-state index in [1.54, 1.807) is 32.7 Å². The Morgan fingerprint density at radius 3 is 2.45 bits per heavy atom. The van der Waals surface area contributed by atoms with Crippen LogP contribution in [0.15, 0.2) is 23.1 Å². The van der Waals surface area contributed by atoms with Gasteiger partial charge < -0.3 is 14.7 Å². The fourth-order valence-electron chi connectivity index (χ4n) is 3.55. The van der Waals surface area contributed by atoms with Gasteiger partial charge in [0.1, 0.15) is 10.3 Å². The lowest BCUT2D eigenvalue weighted by Gasteiger charge is -2.32. The number of fused-ring (bicyclic) bond motifs is 1. The number of carbonyl (C=O) groups is 3. The summed E-state index contributed by atoms with van der Waals surface area (Å²) in [5.74, 6) is -1.38. The maximum absolute atomic E-state index is 12.5. The molecular weight excluding hydrogens is 390 g/mol. The van der Waals surface area contributed by atoms with Crippen LogP contribution in [-0.2, 0) is 25.5 Å². The Morgan fingerprint density at radius 2 is 1.90 bits per heavy atom. The van der Waals surface area contributed by atoms with Crippen LogP contribution in [0.3, 0.4) is 0 Å². The summed E-state index contributed by atoms with van der Waals surface area (Å²) < 4.78 is 4.10. The van der Waals surface area contributed by atoms with Crippen molar-refractivity contribution in [2.24, 2.45) is 5.92 Å². The molecular formula is C22H31NO5S. The first-order valence-corrected chi connectivity index (χ1v) is 10.7. The van der Waals surface area contributed by atoms with Crippen LogP contribution >= 0.6 is 11.8 Å². The molecule has 1 heterocycles. The van der Waals surface area contributed by atoms with Crippen molar-refractivity contribution in [1.29, 1.82) is 0 Å². The molecule has 1 amide bonds. The van der Waals surface area contributed by atoms with E-state index in [4.69, 9.17) is 4.74 Å². The molecule has 0 radical (unpaired) electrons. The molecule has 160 valence electrons. The quantitative estimate of drug-likeness (QED) is 0.522. The molecule has 7 heteroatoms. The number of thioether (sulfide) groups is 1. The van der Waals surface area contributed by atoms with Crippen LogP contribution in [0.2, 0.25) is 0 Å². The molecule has 0 spiro atoms. The zero-order valence-corrected chi connectivity index (χ0v) is 18.9. The smallest absolute Gasteiger partial charge is 0.320 e. The van der Waals surface area contributed by atoms with Gasteiger partial charge in [-0.15, -0.1) is 11.8 Å². The van der Waals surface area contributed by atoms with Gasteiger partial charge in [0, 0.05) is 24.1 Å². The van der Waals surface area contributed by atoms with Crippen molar-refractivity contribution in [3.63, 3.8) is 0 Å². The predicted molar refractivity (Wildman–Crippen MR) is 114 cm³/mol. The number of hydrogen-bond acceptors (Lipinski definition) is 5. The predicted octanol–water partition coefficient (Wildman–Crippen LogP) is 4.29. The first-order valence-electron chi connectivity index (χ1n) is 9.87. The number of ether oxygens (including phenoxy) is 1. The second-order valence-electron chi connectivity index (χ2n) is 9.01. The van der Waals surface area contributed by atoms with Gasteiger partial charge >= 0.3 is 11.9 Å². The molecule has 0 saturated carbocycles. The van der Waals surface area contributed by atoms with Gasteiger partial charge in [-0.1, -0.05) is 13.8 Å². The Balaban J connectivity index is 2.35. The van der Waals surface area contributed by atoms with Crippen LogP contribution in [-0.4, -0.2) is 40.3 Å². The number of carboxylic acids is 1. The SMILES string of the molecule is CC(C)C[C@@](CC(=O)OC(C)(C)C)(Sc1ccc2c(c1)CCC(=O)N2C)C(=O)O. The Kier molecular flexibility index (Phi) is 7.04. The van der Waals surface area contributed by atoms with Crippen molar-refractivity contribution >= 4 is 35.3 Å². The Bertz CT molecular complexity index is 799. The minimum absolute atomic E-state index is 0.0718. The van der Waals surface area contributed by atoms with Gasteiger partial charge in [-0.3, -0.25) is 14.4 Å². The van der Waals surface area contributed by atoms with Crippen molar-refractivity contribution in [3.05, 3.63) is 23.8 Å². The fraction of sp³-hybridized carbons (Fsp3) is 0.591. The molecule has 1 aromatic rings.